The minimum absolute atomic E-state index is 0.210. The van der Waals surface area contributed by atoms with Crippen LogP contribution in [0.4, 0.5) is 10.5 Å². The standard InChI is InChI=1S/C27H36N4O4/c1-27(2,3)35-26(34)30-15-13-23(30)25(33)31(22-12-14-29(4)24(32)16-22)18-21-11-10-20(17-28-21)19-8-6-5-7-9-19/h10-12,14,16-17,19,23H,5-9,13,15,18H2,1-4H3/t23-/m1/s1. The first kappa shape index (κ1) is 24.9. The van der Waals surface area contributed by atoms with Crippen molar-refractivity contribution in [1.29, 1.82) is 0 Å². The van der Waals surface area contributed by atoms with Gasteiger partial charge in [0.1, 0.15) is 11.6 Å². The number of carbonyl (C=O) groups excluding carboxylic acids is 2. The highest BCUT2D eigenvalue weighted by molar-refractivity contribution is 5.99. The van der Waals surface area contributed by atoms with Gasteiger partial charge in [-0.15, -0.1) is 0 Å². The molecular weight excluding hydrogens is 444 g/mol. The molecule has 8 nitrogen and oxygen atoms in total. The highest BCUT2D eigenvalue weighted by Gasteiger charge is 2.42. The van der Waals surface area contributed by atoms with E-state index in [9.17, 15) is 14.4 Å². The predicted octanol–water partition coefficient (Wildman–Crippen LogP) is 4.37. The number of likely N-dealkylation sites (tertiary alicyclic amines) is 1. The average molecular weight is 481 g/mol. The molecule has 1 aliphatic heterocycles. The van der Waals surface area contributed by atoms with Crippen molar-refractivity contribution in [3.63, 3.8) is 0 Å². The Morgan fingerprint density at radius 2 is 1.86 bits per heavy atom. The van der Waals surface area contributed by atoms with Gasteiger partial charge >= 0.3 is 6.09 Å². The molecule has 0 aromatic carbocycles. The lowest BCUT2D eigenvalue weighted by Crippen LogP contribution is -2.60. The van der Waals surface area contributed by atoms with Gasteiger partial charge in [-0.25, -0.2) is 4.79 Å². The first-order valence-electron chi connectivity index (χ1n) is 12.5. The molecule has 0 radical (unpaired) electrons. The zero-order chi connectivity index (χ0) is 25.2. The molecule has 1 saturated heterocycles. The summed E-state index contributed by atoms with van der Waals surface area (Å²) in [5.41, 5.74) is 1.62. The third-order valence-electron chi connectivity index (χ3n) is 6.84. The van der Waals surface area contributed by atoms with Gasteiger partial charge < -0.3 is 14.2 Å². The molecular formula is C27H36N4O4. The molecule has 1 saturated carbocycles. The van der Waals surface area contributed by atoms with Crippen LogP contribution < -0.4 is 10.5 Å². The van der Waals surface area contributed by atoms with E-state index in [1.807, 2.05) is 12.3 Å². The van der Waals surface area contributed by atoms with E-state index in [4.69, 9.17) is 4.74 Å². The monoisotopic (exact) mass is 480 g/mol. The third kappa shape index (κ3) is 5.92. The molecule has 2 aromatic heterocycles. The molecule has 0 unspecified atom stereocenters. The van der Waals surface area contributed by atoms with E-state index >= 15 is 0 Å². The van der Waals surface area contributed by atoms with Crippen molar-refractivity contribution < 1.29 is 14.3 Å². The number of hydrogen-bond acceptors (Lipinski definition) is 5. The lowest BCUT2D eigenvalue weighted by molar-refractivity contribution is -0.128. The maximum atomic E-state index is 13.7. The predicted molar refractivity (Wildman–Crippen MR) is 134 cm³/mol. The summed E-state index contributed by atoms with van der Waals surface area (Å²) in [5, 5.41) is 0. The van der Waals surface area contributed by atoms with Gasteiger partial charge in [-0.2, -0.15) is 0 Å². The Morgan fingerprint density at radius 1 is 1.11 bits per heavy atom. The number of nitrogens with zero attached hydrogens (tertiary/aromatic N) is 4. The fourth-order valence-corrected chi connectivity index (χ4v) is 4.73. The zero-order valence-corrected chi connectivity index (χ0v) is 21.2. The van der Waals surface area contributed by atoms with Crippen LogP contribution in [-0.2, 0) is 23.1 Å². The van der Waals surface area contributed by atoms with Crippen LogP contribution >= 0.6 is 0 Å². The van der Waals surface area contributed by atoms with Crippen LogP contribution in [0.3, 0.4) is 0 Å². The molecule has 35 heavy (non-hydrogen) atoms. The lowest BCUT2D eigenvalue weighted by atomic mass is 9.85. The number of hydrogen-bond donors (Lipinski definition) is 0. The number of pyridine rings is 2. The fraction of sp³-hybridized carbons (Fsp3) is 0.556. The van der Waals surface area contributed by atoms with E-state index in [0.717, 1.165) is 5.69 Å². The number of ether oxygens (including phenoxy) is 1. The van der Waals surface area contributed by atoms with Gasteiger partial charge in [0, 0.05) is 32.1 Å². The normalized spacial score (nSPS) is 18.6. The van der Waals surface area contributed by atoms with Gasteiger partial charge in [0.05, 0.1) is 17.9 Å². The average Bonchev–Trinajstić information content (AvgIpc) is 2.78. The maximum absolute atomic E-state index is 13.7. The molecule has 2 aliphatic rings. The first-order valence-corrected chi connectivity index (χ1v) is 12.5. The second-order valence-corrected chi connectivity index (χ2v) is 10.7. The minimum Gasteiger partial charge on any atom is -0.444 e. The molecule has 2 amide bonds. The van der Waals surface area contributed by atoms with E-state index in [0.29, 0.717) is 24.6 Å². The van der Waals surface area contributed by atoms with Crippen molar-refractivity contribution in [1.82, 2.24) is 14.5 Å². The number of aromatic nitrogens is 2. The molecule has 2 aromatic rings. The summed E-state index contributed by atoms with van der Waals surface area (Å²) >= 11 is 0. The number of amides is 2. The summed E-state index contributed by atoms with van der Waals surface area (Å²) in [6, 6.07) is 6.64. The Morgan fingerprint density at radius 3 is 2.43 bits per heavy atom. The van der Waals surface area contributed by atoms with Gasteiger partial charge in [0.15, 0.2) is 0 Å². The highest BCUT2D eigenvalue weighted by atomic mass is 16.6. The van der Waals surface area contributed by atoms with Crippen molar-refractivity contribution in [3.05, 3.63) is 58.3 Å². The Hall–Kier alpha value is -3.16. The van der Waals surface area contributed by atoms with Crippen molar-refractivity contribution in [2.24, 2.45) is 7.05 Å². The first-order chi connectivity index (χ1) is 16.6. The van der Waals surface area contributed by atoms with Gasteiger partial charge in [0.25, 0.3) is 5.56 Å². The van der Waals surface area contributed by atoms with Crippen LogP contribution in [0.15, 0.2) is 41.5 Å². The molecule has 0 N–H and O–H groups in total. The van der Waals surface area contributed by atoms with Crippen LogP contribution in [0.1, 0.15) is 76.5 Å². The number of aryl methyl sites for hydroxylation is 1. The van der Waals surface area contributed by atoms with Crippen molar-refractivity contribution in [2.75, 3.05) is 11.4 Å². The van der Waals surface area contributed by atoms with Gasteiger partial charge in [-0.3, -0.25) is 19.5 Å². The van der Waals surface area contributed by atoms with Crippen LogP contribution in [0, 0.1) is 0 Å². The largest absolute Gasteiger partial charge is 0.444 e. The second-order valence-electron chi connectivity index (χ2n) is 10.7. The molecule has 2 fully saturated rings. The third-order valence-corrected chi connectivity index (χ3v) is 6.84. The molecule has 1 aliphatic carbocycles. The van der Waals surface area contributed by atoms with Crippen LogP contribution in [-0.4, -0.2) is 44.6 Å². The molecule has 8 heteroatoms. The van der Waals surface area contributed by atoms with E-state index < -0.39 is 17.7 Å². The molecule has 3 heterocycles. The number of carbonyl (C=O) groups is 2. The quantitative estimate of drug-likeness (QED) is 0.634. The Bertz CT molecular complexity index is 1110. The summed E-state index contributed by atoms with van der Waals surface area (Å²) in [5.74, 6) is 0.311. The van der Waals surface area contributed by atoms with E-state index in [-0.39, 0.29) is 18.0 Å². The topological polar surface area (TPSA) is 84.7 Å². The molecule has 188 valence electrons. The maximum Gasteiger partial charge on any atom is 0.410 e. The van der Waals surface area contributed by atoms with Crippen LogP contribution in [0.25, 0.3) is 0 Å². The Kier molecular flexibility index (Phi) is 7.28. The van der Waals surface area contributed by atoms with Gasteiger partial charge in [-0.05, 0) is 63.6 Å². The van der Waals surface area contributed by atoms with E-state index in [2.05, 4.69) is 11.1 Å². The van der Waals surface area contributed by atoms with Crippen molar-refractivity contribution in [2.45, 2.75) is 83.4 Å². The summed E-state index contributed by atoms with van der Waals surface area (Å²) < 4.78 is 6.94. The van der Waals surface area contributed by atoms with Crippen LogP contribution in [0.5, 0.6) is 0 Å². The summed E-state index contributed by atoms with van der Waals surface area (Å²) in [6.07, 6.45) is 9.83. The minimum atomic E-state index is -0.643. The molecule has 0 spiro atoms. The lowest BCUT2D eigenvalue weighted by Gasteiger charge is -2.42. The van der Waals surface area contributed by atoms with Gasteiger partial charge in [-0.1, -0.05) is 25.3 Å². The molecule has 0 bridgehead atoms. The van der Waals surface area contributed by atoms with Crippen LogP contribution in [0.2, 0.25) is 0 Å². The van der Waals surface area contributed by atoms with E-state index in [1.54, 1.807) is 45.0 Å². The second kappa shape index (κ2) is 10.2. The Balaban J connectivity index is 1.56. The Labute approximate surface area is 206 Å². The number of rotatable bonds is 5. The molecule has 4 rings (SSSR count). The summed E-state index contributed by atoms with van der Waals surface area (Å²) in [6.45, 7) is 6.09. The van der Waals surface area contributed by atoms with Crippen molar-refractivity contribution in [3.8, 4) is 0 Å². The van der Waals surface area contributed by atoms with Gasteiger partial charge in [0.2, 0.25) is 5.91 Å². The van der Waals surface area contributed by atoms with E-state index in [1.165, 1.54) is 53.2 Å². The fourth-order valence-electron chi connectivity index (χ4n) is 4.73. The van der Waals surface area contributed by atoms with Crippen molar-refractivity contribution >= 4 is 17.7 Å². The SMILES string of the molecule is Cn1ccc(N(Cc2ccc(C3CCCCC3)cn2)C(=O)[C@H]2CCN2C(=O)OC(C)(C)C)cc1=O. The highest BCUT2D eigenvalue weighted by Crippen LogP contribution is 2.32. The number of anilines is 1. The summed E-state index contributed by atoms with van der Waals surface area (Å²) in [7, 11) is 1.67. The summed E-state index contributed by atoms with van der Waals surface area (Å²) in [4.78, 5) is 46.3. The zero-order valence-electron chi connectivity index (χ0n) is 21.2. The molecule has 1 atom stereocenters. The smallest absolute Gasteiger partial charge is 0.410 e.